The highest BCUT2D eigenvalue weighted by Crippen LogP contribution is 2.24. The highest BCUT2D eigenvalue weighted by molar-refractivity contribution is 5.19. The summed E-state index contributed by atoms with van der Waals surface area (Å²) in [7, 11) is 2.11. The number of rotatable bonds is 7. The Morgan fingerprint density at radius 1 is 0.708 bits per heavy atom. The predicted molar refractivity (Wildman–Crippen MR) is 98.3 cm³/mol. The van der Waals surface area contributed by atoms with Gasteiger partial charge in [0.25, 0.3) is 0 Å². The van der Waals surface area contributed by atoms with Crippen molar-refractivity contribution < 1.29 is 4.74 Å². The lowest BCUT2D eigenvalue weighted by molar-refractivity contribution is -0.0641. The van der Waals surface area contributed by atoms with Gasteiger partial charge in [-0.1, -0.05) is 91.0 Å². The quantitative estimate of drug-likeness (QED) is 0.566. The first kappa shape index (κ1) is 16.4. The van der Waals surface area contributed by atoms with Gasteiger partial charge in [-0.2, -0.15) is 0 Å². The third kappa shape index (κ3) is 4.54. The molecular weight excluding hydrogens is 294 g/mol. The average Bonchev–Trinajstić information content (AvgIpc) is 2.64. The topological polar surface area (TPSA) is 12.5 Å². The molecule has 2 heteroatoms. The van der Waals surface area contributed by atoms with E-state index < -0.39 is 0 Å². The van der Waals surface area contributed by atoms with Gasteiger partial charge in [0.2, 0.25) is 0 Å². The molecule has 24 heavy (non-hydrogen) atoms. The first-order valence-electron chi connectivity index (χ1n) is 8.27. The first-order valence-corrected chi connectivity index (χ1v) is 8.27. The van der Waals surface area contributed by atoms with Gasteiger partial charge in [-0.3, -0.25) is 4.90 Å². The zero-order valence-electron chi connectivity index (χ0n) is 14.0. The minimum Gasteiger partial charge on any atom is -0.354 e. The van der Waals surface area contributed by atoms with Crippen LogP contribution in [0.3, 0.4) is 0 Å². The van der Waals surface area contributed by atoms with Crippen molar-refractivity contribution in [2.24, 2.45) is 0 Å². The Bertz CT molecular complexity index is 713. The normalized spacial score (nSPS) is 12.2. The van der Waals surface area contributed by atoms with Crippen molar-refractivity contribution in [2.75, 3.05) is 7.05 Å². The second-order valence-electron chi connectivity index (χ2n) is 5.96. The van der Waals surface area contributed by atoms with Crippen molar-refractivity contribution in [3.63, 3.8) is 0 Å². The van der Waals surface area contributed by atoms with E-state index in [0.717, 1.165) is 6.54 Å². The van der Waals surface area contributed by atoms with Gasteiger partial charge in [-0.15, -0.1) is 0 Å². The average molecular weight is 317 g/mol. The fraction of sp³-hybridized carbons (Fsp3) is 0.182. The lowest BCUT2D eigenvalue weighted by Gasteiger charge is -2.28. The maximum absolute atomic E-state index is 6.27. The third-order valence-corrected chi connectivity index (χ3v) is 4.01. The Labute approximate surface area is 144 Å². The molecule has 2 nitrogen and oxygen atoms in total. The Hall–Kier alpha value is -2.42. The maximum Gasteiger partial charge on any atom is 0.137 e. The minimum atomic E-state index is -0.0772. The van der Waals surface area contributed by atoms with Crippen molar-refractivity contribution in [1.82, 2.24) is 4.90 Å². The van der Waals surface area contributed by atoms with Crippen LogP contribution in [-0.4, -0.2) is 11.9 Å². The van der Waals surface area contributed by atoms with E-state index in [1.807, 2.05) is 30.3 Å². The zero-order valence-corrected chi connectivity index (χ0v) is 14.0. The number of hydrogen-bond donors (Lipinski definition) is 0. The van der Waals surface area contributed by atoms with E-state index in [-0.39, 0.29) is 6.23 Å². The molecule has 122 valence electrons. The second-order valence-corrected chi connectivity index (χ2v) is 5.96. The maximum atomic E-state index is 6.27. The van der Waals surface area contributed by atoms with Gasteiger partial charge >= 0.3 is 0 Å². The van der Waals surface area contributed by atoms with E-state index >= 15 is 0 Å². The van der Waals surface area contributed by atoms with Crippen LogP contribution in [0.2, 0.25) is 0 Å². The van der Waals surface area contributed by atoms with Crippen molar-refractivity contribution in [1.29, 1.82) is 0 Å². The fourth-order valence-electron chi connectivity index (χ4n) is 2.80. The van der Waals surface area contributed by atoms with Gasteiger partial charge in [-0.25, -0.2) is 0 Å². The lowest BCUT2D eigenvalue weighted by Crippen LogP contribution is -2.26. The number of ether oxygens (including phenoxy) is 1. The molecule has 0 aromatic heterocycles. The molecule has 0 spiro atoms. The highest BCUT2D eigenvalue weighted by Gasteiger charge is 2.17. The van der Waals surface area contributed by atoms with E-state index in [1.54, 1.807) is 0 Å². The minimum absolute atomic E-state index is 0.0772. The van der Waals surface area contributed by atoms with Crippen LogP contribution in [0.5, 0.6) is 0 Å². The number of benzene rings is 3. The molecule has 1 atom stereocenters. The van der Waals surface area contributed by atoms with Gasteiger partial charge < -0.3 is 4.74 Å². The Morgan fingerprint density at radius 3 is 1.79 bits per heavy atom. The van der Waals surface area contributed by atoms with E-state index in [2.05, 4.69) is 72.6 Å². The zero-order chi connectivity index (χ0) is 16.6. The number of nitrogens with zero attached hydrogens (tertiary/aromatic N) is 1. The molecule has 0 aliphatic carbocycles. The second kappa shape index (κ2) is 8.44. The smallest absolute Gasteiger partial charge is 0.137 e. The molecule has 0 N–H and O–H groups in total. The van der Waals surface area contributed by atoms with Crippen LogP contribution in [0.15, 0.2) is 91.0 Å². The molecule has 3 rings (SSSR count). The Balaban J connectivity index is 1.74. The molecule has 0 aliphatic rings. The van der Waals surface area contributed by atoms with Gasteiger partial charge in [0.15, 0.2) is 0 Å². The molecule has 0 unspecified atom stereocenters. The summed E-state index contributed by atoms with van der Waals surface area (Å²) in [6.45, 7) is 1.44. The summed E-state index contributed by atoms with van der Waals surface area (Å²) in [5.74, 6) is 0. The number of hydrogen-bond acceptors (Lipinski definition) is 2. The molecule has 0 saturated heterocycles. The van der Waals surface area contributed by atoms with Crippen LogP contribution in [0.1, 0.15) is 22.9 Å². The molecule has 3 aromatic carbocycles. The van der Waals surface area contributed by atoms with Crippen molar-refractivity contribution in [2.45, 2.75) is 19.4 Å². The highest BCUT2D eigenvalue weighted by atomic mass is 16.5. The van der Waals surface area contributed by atoms with E-state index in [0.29, 0.717) is 6.61 Å². The summed E-state index contributed by atoms with van der Waals surface area (Å²) < 4.78 is 6.27. The van der Waals surface area contributed by atoms with Crippen LogP contribution in [0.4, 0.5) is 0 Å². The summed E-state index contributed by atoms with van der Waals surface area (Å²) in [4.78, 5) is 2.24. The van der Waals surface area contributed by atoms with Gasteiger partial charge in [0, 0.05) is 6.54 Å². The molecule has 0 saturated carbocycles. The van der Waals surface area contributed by atoms with Crippen molar-refractivity contribution in [3.05, 3.63) is 108 Å². The largest absolute Gasteiger partial charge is 0.354 e. The van der Waals surface area contributed by atoms with E-state index in [1.165, 1.54) is 16.7 Å². The van der Waals surface area contributed by atoms with Gasteiger partial charge in [0.05, 0.1) is 6.61 Å². The third-order valence-electron chi connectivity index (χ3n) is 4.01. The molecule has 0 fully saturated rings. The molecule has 3 aromatic rings. The van der Waals surface area contributed by atoms with Crippen molar-refractivity contribution >= 4 is 0 Å². The van der Waals surface area contributed by atoms with Crippen LogP contribution in [-0.2, 0) is 17.9 Å². The summed E-state index contributed by atoms with van der Waals surface area (Å²) in [6.07, 6.45) is -0.0772. The summed E-state index contributed by atoms with van der Waals surface area (Å²) in [6, 6.07) is 31.2. The summed E-state index contributed by atoms with van der Waals surface area (Å²) >= 11 is 0. The first-order chi connectivity index (χ1) is 11.8. The fourth-order valence-corrected chi connectivity index (χ4v) is 2.80. The molecule has 0 amide bonds. The van der Waals surface area contributed by atoms with E-state index in [4.69, 9.17) is 4.74 Å². The molecule has 0 bridgehead atoms. The van der Waals surface area contributed by atoms with Crippen LogP contribution in [0, 0.1) is 0 Å². The van der Waals surface area contributed by atoms with Crippen LogP contribution in [0.25, 0.3) is 0 Å². The van der Waals surface area contributed by atoms with Crippen LogP contribution >= 0.6 is 0 Å². The molecule has 0 radical (unpaired) electrons. The predicted octanol–water partition coefficient (Wildman–Crippen LogP) is 5.03. The standard InChI is InChI=1S/C22H23NO/c1-23(17-19-11-5-2-6-12-19)22(21-15-9-4-10-16-21)24-18-20-13-7-3-8-14-20/h2-16,22H,17-18H2,1H3/t22-/m1/s1. The van der Waals surface area contributed by atoms with Crippen LogP contribution < -0.4 is 0 Å². The lowest BCUT2D eigenvalue weighted by atomic mass is 10.1. The molecule has 0 heterocycles. The summed E-state index contributed by atoms with van der Waals surface area (Å²) in [5, 5.41) is 0. The Morgan fingerprint density at radius 2 is 1.21 bits per heavy atom. The SMILES string of the molecule is CN(Cc1ccccc1)[C@H](OCc1ccccc1)c1ccccc1. The van der Waals surface area contributed by atoms with E-state index in [9.17, 15) is 0 Å². The van der Waals surface area contributed by atoms with Crippen molar-refractivity contribution in [3.8, 4) is 0 Å². The van der Waals surface area contributed by atoms with Gasteiger partial charge in [0.1, 0.15) is 6.23 Å². The summed E-state index contributed by atoms with van der Waals surface area (Å²) in [5.41, 5.74) is 3.64. The van der Waals surface area contributed by atoms with Gasteiger partial charge in [-0.05, 0) is 23.7 Å². The molecule has 0 aliphatic heterocycles. The Kier molecular flexibility index (Phi) is 5.78. The monoisotopic (exact) mass is 317 g/mol. The molecular formula is C22H23NO.